The van der Waals surface area contributed by atoms with Crippen LogP contribution in [-0.2, 0) is 0 Å². The van der Waals surface area contributed by atoms with Gasteiger partial charge in [-0.1, -0.05) is 6.92 Å². The summed E-state index contributed by atoms with van der Waals surface area (Å²) in [6.45, 7) is 7.34. The smallest absolute Gasteiger partial charge is 0.0746 e. The fraction of sp³-hybridized carbons (Fsp3) is 1.00. The molecule has 100 valence electrons. The van der Waals surface area contributed by atoms with Gasteiger partial charge in [0.25, 0.3) is 0 Å². The zero-order chi connectivity index (χ0) is 12.5. The summed E-state index contributed by atoms with van der Waals surface area (Å²) in [4.78, 5) is 2.42. The van der Waals surface area contributed by atoms with Gasteiger partial charge in [-0.15, -0.1) is 0 Å². The van der Waals surface area contributed by atoms with Crippen molar-refractivity contribution in [2.75, 3.05) is 19.6 Å². The second-order valence-electron chi connectivity index (χ2n) is 6.68. The third kappa shape index (κ3) is 3.67. The van der Waals surface area contributed by atoms with Gasteiger partial charge in [0.05, 0.1) is 5.60 Å². The van der Waals surface area contributed by atoms with Crippen LogP contribution in [0.5, 0.6) is 0 Å². The average molecular weight is 240 g/mol. The van der Waals surface area contributed by atoms with Crippen LogP contribution in [0.4, 0.5) is 0 Å². The molecule has 0 bridgehead atoms. The van der Waals surface area contributed by atoms with E-state index in [1.54, 1.807) is 0 Å². The Bertz CT molecular complexity index is 255. The molecule has 2 aliphatic rings. The van der Waals surface area contributed by atoms with Crippen molar-refractivity contribution in [2.45, 2.75) is 57.6 Å². The first-order valence-corrected chi connectivity index (χ1v) is 7.16. The van der Waals surface area contributed by atoms with E-state index in [-0.39, 0.29) is 0 Å². The molecule has 4 unspecified atom stereocenters. The van der Waals surface area contributed by atoms with Crippen LogP contribution in [0, 0.1) is 11.8 Å². The van der Waals surface area contributed by atoms with Crippen LogP contribution < -0.4 is 5.73 Å². The maximum Gasteiger partial charge on any atom is 0.0746 e. The van der Waals surface area contributed by atoms with Gasteiger partial charge in [-0.25, -0.2) is 0 Å². The van der Waals surface area contributed by atoms with Gasteiger partial charge in [-0.2, -0.15) is 0 Å². The van der Waals surface area contributed by atoms with Gasteiger partial charge < -0.3 is 15.7 Å². The lowest BCUT2D eigenvalue weighted by Gasteiger charge is -2.41. The summed E-state index contributed by atoms with van der Waals surface area (Å²) in [5.74, 6) is 1.46. The number of nitrogens with zero attached hydrogens (tertiary/aromatic N) is 1. The van der Waals surface area contributed by atoms with E-state index in [0.29, 0.717) is 12.0 Å². The molecule has 2 fully saturated rings. The van der Waals surface area contributed by atoms with Crippen molar-refractivity contribution in [1.82, 2.24) is 4.90 Å². The number of hydrogen-bond donors (Lipinski definition) is 2. The maximum absolute atomic E-state index is 10.1. The summed E-state index contributed by atoms with van der Waals surface area (Å²) < 4.78 is 0. The molecule has 1 saturated heterocycles. The van der Waals surface area contributed by atoms with Crippen molar-refractivity contribution in [3.63, 3.8) is 0 Å². The maximum atomic E-state index is 10.1. The number of hydrogen-bond acceptors (Lipinski definition) is 3. The summed E-state index contributed by atoms with van der Waals surface area (Å²) in [5.41, 5.74) is 5.75. The molecule has 1 aliphatic heterocycles. The highest BCUT2D eigenvalue weighted by Crippen LogP contribution is 2.30. The lowest BCUT2D eigenvalue weighted by molar-refractivity contribution is -0.0233. The molecule has 0 radical (unpaired) electrons. The first-order valence-electron chi connectivity index (χ1n) is 7.16. The molecular formula is C14H28N2O. The van der Waals surface area contributed by atoms with Crippen LogP contribution in [-0.4, -0.2) is 41.3 Å². The highest BCUT2D eigenvalue weighted by molar-refractivity contribution is 4.88. The van der Waals surface area contributed by atoms with Crippen molar-refractivity contribution in [3.05, 3.63) is 0 Å². The molecule has 0 aromatic carbocycles. The van der Waals surface area contributed by atoms with Crippen LogP contribution in [0.2, 0.25) is 0 Å². The summed E-state index contributed by atoms with van der Waals surface area (Å²) in [7, 11) is 0. The van der Waals surface area contributed by atoms with Crippen LogP contribution >= 0.6 is 0 Å². The molecule has 4 atom stereocenters. The molecule has 0 aromatic heterocycles. The molecule has 1 heterocycles. The van der Waals surface area contributed by atoms with E-state index in [4.69, 9.17) is 5.73 Å². The molecule has 3 nitrogen and oxygen atoms in total. The quantitative estimate of drug-likeness (QED) is 0.771. The number of rotatable bonds is 2. The highest BCUT2D eigenvalue weighted by Gasteiger charge is 2.32. The van der Waals surface area contributed by atoms with Gasteiger partial charge in [0, 0.05) is 19.1 Å². The lowest BCUT2D eigenvalue weighted by Crippen LogP contribution is -2.50. The molecule has 3 heteroatoms. The zero-order valence-corrected chi connectivity index (χ0v) is 11.4. The Morgan fingerprint density at radius 3 is 2.88 bits per heavy atom. The molecule has 2 rings (SSSR count). The van der Waals surface area contributed by atoms with Crippen LogP contribution in [0.3, 0.4) is 0 Å². The van der Waals surface area contributed by atoms with E-state index in [1.807, 2.05) is 6.92 Å². The normalized spacial score (nSPS) is 44.8. The molecule has 0 amide bonds. The number of aliphatic hydroxyl groups is 1. The second-order valence-corrected chi connectivity index (χ2v) is 6.68. The number of β-amino-alcohol motifs (C(OH)–C–C–N with tert-alkyl or cyclic N) is 1. The highest BCUT2D eigenvalue weighted by atomic mass is 16.3. The fourth-order valence-corrected chi connectivity index (χ4v) is 3.54. The Morgan fingerprint density at radius 1 is 1.41 bits per heavy atom. The second kappa shape index (κ2) is 5.25. The van der Waals surface area contributed by atoms with Crippen LogP contribution in [0.25, 0.3) is 0 Å². The first kappa shape index (κ1) is 13.3. The predicted octanol–water partition coefficient (Wildman–Crippen LogP) is 1.60. The molecular weight excluding hydrogens is 212 g/mol. The topological polar surface area (TPSA) is 49.5 Å². The molecule has 3 N–H and O–H groups in total. The Labute approximate surface area is 105 Å². The van der Waals surface area contributed by atoms with Crippen molar-refractivity contribution >= 4 is 0 Å². The third-order valence-electron chi connectivity index (χ3n) is 4.55. The SMILES string of the molecule is CC1CCC(N)C(CN2CCCC(C)(O)C2)C1. The summed E-state index contributed by atoms with van der Waals surface area (Å²) in [6, 6.07) is 0.373. The van der Waals surface area contributed by atoms with Crippen LogP contribution in [0.1, 0.15) is 46.0 Å². The van der Waals surface area contributed by atoms with Crippen LogP contribution in [0.15, 0.2) is 0 Å². The van der Waals surface area contributed by atoms with Crippen molar-refractivity contribution in [2.24, 2.45) is 17.6 Å². The molecule has 17 heavy (non-hydrogen) atoms. The third-order valence-corrected chi connectivity index (χ3v) is 4.55. The van der Waals surface area contributed by atoms with E-state index in [2.05, 4.69) is 11.8 Å². The van der Waals surface area contributed by atoms with Gasteiger partial charge >= 0.3 is 0 Å². The summed E-state index contributed by atoms with van der Waals surface area (Å²) >= 11 is 0. The average Bonchev–Trinajstić information content (AvgIpc) is 2.22. The number of likely N-dealkylation sites (tertiary alicyclic amines) is 1. The fourth-order valence-electron chi connectivity index (χ4n) is 3.54. The minimum Gasteiger partial charge on any atom is -0.389 e. The molecule has 0 aromatic rings. The Kier molecular flexibility index (Phi) is 4.11. The van der Waals surface area contributed by atoms with E-state index in [1.165, 1.54) is 19.3 Å². The minimum atomic E-state index is -0.484. The predicted molar refractivity (Wildman–Crippen MR) is 70.8 cm³/mol. The van der Waals surface area contributed by atoms with Gasteiger partial charge in [-0.05, 0) is 57.4 Å². The van der Waals surface area contributed by atoms with Gasteiger partial charge in [0.2, 0.25) is 0 Å². The van der Waals surface area contributed by atoms with E-state index in [9.17, 15) is 5.11 Å². The molecule has 1 aliphatic carbocycles. The Hall–Kier alpha value is -0.120. The molecule has 0 spiro atoms. The lowest BCUT2D eigenvalue weighted by atomic mass is 9.78. The van der Waals surface area contributed by atoms with Crippen molar-refractivity contribution in [3.8, 4) is 0 Å². The monoisotopic (exact) mass is 240 g/mol. The van der Waals surface area contributed by atoms with Gasteiger partial charge in [0.15, 0.2) is 0 Å². The molecule has 1 saturated carbocycles. The summed E-state index contributed by atoms with van der Waals surface area (Å²) in [6.07, 6.45) is 5.78. The summed E-state index contributed by atoms with van der Waals surface area (Å²) in [5, 5.41) is 10.1. The van der Waals surface area contributed by atoms with E-state index >= 15 is 0 Å². The Morgan fingerprint density at radius 2 is 2.18 bits per heavy atom. The van der Waals surface area contributed by atoms with Gasteiger partial charge in [-0.3, -0.25) is 0 Å². The minimum absolute atomic E-state index is 0.373. The number of nitrogens with two attached hydrogens (primary N) is 1. The largest absolute Gasteiger partial charge is 0.389 e. The van der Waals surface area contributed by atoms with Crippen molar-refractivity contribution in [1.29, 1.82) is 0 Å². The van der Waals surface area contributed by atoms with E-state index in [0.717, 1.165) is 38.4 Å². The van der Waals surface area contributed by atoms with Crippen molar-refractivity contribution < 1.29 is 5.11 Å². The number of piperidine rings is 1. The van der Waals surface area contributed by atoms with Gasteiger partial charge in [0.1, 0.15) is 0 Å². The zero-order valence-electron chi connectivity index (χ0n) is 11.4. The standard InChI is InChI=1S/C14H28N2O/c1-11-4-5-13(15)12(8-11)9-16-7-3-6-14(2,17)10-16/h11-13,17H,3-10,15H2,1-2H3. The first-order chi connectivity index (χ1) is 7.96. The Balaban J connectivity index is 1.87. The van der Waals surface area contributed by atoms with E-state index < -0.39 is 5.60 Å².